The molecule has 1 aliphatic rings. The van der Waals surface area contributed by atoms with Crippen LogP contribution in [0.5, 0.6) is 5.75 Å². The molecule has 0 atom stereocenters. The number of ether oxygens (including phenoxy) is 1. The minimum absolute atomic E-state index is 0.117. The van der Waals surface area contributed by atoms with Crippen molar-refractivity contribution in [3.63, 3.8) is 0 Å². The molecule has 1 N–H and O–H groups in total. The van der Waals surface area contributed by atoms with Crippen LogP contribution in [-0.2, 0) is 11.2 Å². The number of anilines is 2. The predicted octanol–water partition coefficient (Wildman–Crippen LogP) is 3.75. The summed E-state index contributed by atoms with van der Waals surface area (Å²) < 4.78 is 5.59. The Morgan fingerprint density at radius 1 is 1.11 bits per heavy atom. The summed E-state index contributed by atoms with van der Waals surface area (Å²) in [6.45, 7) is 0.905. The monoisotopic (exact) mass is 393 g/mol. The summed E-state index contributed by atoms with van der Waals surface area (Å²) >= 11 is 1.25. The fourth-order valence-corrected chi connectivity index (χ4v) is 3.73. The summed E-state index contributed by atoms with van der Waals surface area (Å²) in [6.07, 6.45) is 1.03. The maximum Gasteiger partial charge on any atom is 0.278 e. The Bertz CT molecular complexity index is 987. The van der Waals surface area contributed by atoms with Crippen molar-refractivity contribution in [1.29, 1.82) is 0 Å². The van der Waals surface area contributed by atoms with Crippen LogP contribution in [0.1, 0.15) is 22.5 Å². The van der Waals surface area contributed by atoms with E-state index in [0.29, 0.717) is 42.6 Å². The average Bonchev–Trinajstić information content (AvgIpc) is 3.20. The van der Waals surface area contributed by atoms with E-state index in [1.165, 1.54) is 11.3 Å². The Labute approximate surface area is 166 Å². The first-order chi connectivity index (χ1) is 13.7. The van der Waals surface area contributed by atoms with Crippen molar-refractivity contribution in [3.8, 4) is 5.75 Å². The summed E-state index contributed by atoms with van der Waals surface area (Å²) in [4.78, 5) is 31.0. The summed E-state index contributed by atoms with van der Waals surface area (Å²) in [5.74, 6) is 0.373. The first-order valence-electron chi connectivity index (χ1n) is 9.04. The van der Waals surface area contributed by atoms with Crippen LogP contribution in [0.25, 0.3) is 0 Å². The maximum atomic E-state index is 12.9. The number of hydrogen-bond acceptors (Lipinski definition) is 5. The zero-order chi connectivity index (χ0) is 19.3. The first kappa shape index (κ1) is 18.2. The number of amides is 2. The van der Waals surface area contributed by atoms with Crippen molar-refractivity contribution < 1.29 is 14.3 Å². The van der Waals surface area contributed by atoms with E-state index in [0.717, 1.165) is 11.3 Å². The van der Waals surface area contributed by atoms with Crippen LogP contribution < -0.4 is 15.0 Å². The molecule has 28 heavy (non-hydrogen) atoms. The maximum absolute atomic E-state index is 12.9. The third-order valence-electron chi connectivity index (χ3n) is 4.43. The number of nitrogens with one attached hydrogen (secondary N) is 1. The molecule has 6 nitrogen and oxygen atoms in total. The zero-order valence-electron chi connectivity index (χ0n) is 15.1. The molecule has 2 amide bonds. The number of aromatic nitrogens is 1. The lowest BCUT2D eigenvalue weighted by atomic mass is 10.1. The standard InChI is InChI=1S/C21H19N3O3S/c25-19(11-10-15-6-2-1-3-7-15)23-21-22-16(14-28-21)20(26)24-12-13-27-18-9-5-4-8-17(18)24/h1-9,14H,10-13H2,(H,22,23,25). The van der Waals surface area contributed by atoms with E-state index >= 15 is 0 Å². The smallest absolute Gasteiger partial charge is 0.278 e. The summed E-state index contributed by atoms with van der Waals surface area (Å²) in [7, 11) is 0. The van der Waals surface area contributed by atoms with Gasteiger partial charge in [0.15, 0.2) is 5.13 Å². The van der Waals surface area contributed by atoms with Gasteiger partial charge in [0, 0.05) is 11.8 Å². The number of fused-ring (bicyclic) bond motifs is 1. The van der Waals surface area contributed by atoms with Gasteiger partial charge in [0.25, 0.3) is 5.91 Å². The molecule has 0 fully saturated rings. The van der Waals surface area contributed by atoms with Gasteiger partial charge in [-0.2, -0.15) is 0 Å². The van der Waals surface area contributed by atoms with Gasteiger partial charge < -0.3 is 15.0 Å². The second-order valence-electron chi connectivity index (χ2n) is 6.34. The van der Waals surface area contributed by atoms with E-state index in [1.54, 1.807) is 10.3 Å². The van der Waals surface area contributed by atoms with E-state index in [4.69, 9.17) is 4.74 Å². The second kappa shape index (κ2) is 8.22. The Morgan fingerprint density at radius 3 is 2.75 bits per heavy atom. The van der Waals surface area contributed by atoms with Gasteiger partial charge in [-0.15, -0.1) is 11.3 Å². The summed E-state index contributed by atoms with van der Waals surface area (Å²) in [5.41, 5.74) is 2.17. The zero-order valence-corrected chi connectivity index (χ0v) is 15.9. The van der Waals surface area contributed by atoms with Crippen LogP contribution >= 0.6 is 11.3 Å². The van der Waals surface area contributed by atoms with E-state index in [-0.39, 0.29) is 11.8 Å². The van der Waals surface area contributed by atoms with Gasteiger partial charge in [-0.05, 0) is 24.1 Å². The normalized spacial score (nSPS) is 12.8. The highest BCUT2D eigenvalue weighted by Crippen LogP contribution is 2.32. The highest BCUT2D eigenvalue weighted by Gasteiger charge is 2.26. The number of rotatable bonds is 5. The molecule has 3 aromatic rings. The van der Waals surface area contributed by atoms with Crippen molar-refractivity contribution in [1.82, 2.24) is 4.98 Å². The molecular weight excluding hydrogens is 374 g/mol. The van der Waals surface area contributed by atoms with Crippen LogP contribution in [0.4, 0.5) is 10.8 Å². The quantitative estimate of drug-likeness (QED) is 0.717. The number of carbonyl (C=O) groups is 2. The molecule has 0 saturated heterocycles. The third-order valence-corrected chi connectivity index (χ3v) is 5.18. The number of carbonyl (C=O) groups excluding carboxylic acids is 2. The van der Waals surface area contributed by atoms with Crippen LogP contribution in [-0.4, -0.2) is 29.9 Å². The number of benzene rings is 2. The third kappa shape index (κ3) is 4.04. The number of thiazole rings is 1. The molecule has 0 spiro atoms. The highest BCUT2D eigenvalue weighted by molar-refractivity contribution is 7.14. The Hall–Kier alpha value is -3.19. The summed E-state index contributed by atoms with van der Waals surface area (Å²) in [6, 6.07) is 17.3. The lowest BCUT2D eigenvalue weighted by Crippen LogP contribution is -2.38. The number of nitrogens with zero attached hydrogens (tertiary/aromatic N) is 2. The van der Waals surface area contributed by atoms with Crippen molar-refractivity contribution in [3.05, 3.63) is 71.2 Å². The van der Waals surface area contributed by atoms with E-state index < -0.39 is 0 Å². The molecule has 1 aromatic heterocycles. The van der Waals surface area contributed by atoms with Crippen LogP contribution in [0.2, 0.25) is 0 Å². The van der Waals surface area contributed by atoms with Crippen molar-refractivity contribution in [2.45, 2.75) is 12.8 Å². The average molecular weight is 393 g/mol. The Kier molecular flexibility index (Phi) is 5.34. The van der Waals surface area contributed by atoms with E-state index in [1.807, 2.05) is 54.6 Å². The molecule has 0 aliphatic carbocycles. The van der Waals surface area contributed by atoms with Gasteiger partial charge in [-0.25, -0.2) is 4.98 Å². The Balaban J connectivity index is 1.39. The van der Waals surface area contributed by atoms with Crippen molar-refractivity contribution >= 4 is 34.0 Å². The van der Waals surface area contributed by atoms with Crippen LogP contribution in [0.15, 0.2) is 60.0 Å². The largest absolute Gasteiger partial charge is 0.490 e. The Morgan fingerprint density at radius 2 is 1.89 bits per heavy atom. The van der Waals surface area contributed by atoms with Gasteiger partial charge in [0.1, 0.15) is 18.1 Å². The fraction of sp³-hybridized carbons (Fsp3) is 0.190. The lowest BCUT2D eigenvalue weighted by molar-refractivity contribution is -0.116. The molecule has 0 saturated carbocycles. The molecule has 7 heteroatoms. The molecule has 142 valence electrons. The van der Waals surface area contributed by atoms with E-state index in [9.17, 15) is 9.59 Å². The number of para-hydroxylation sites is 2. The van der Waals surface area contributed by atoms with Crippen molar-refractivity contribution in [2.24, 2.45) is 0 Å². The molecule has 4 rings (SSSR count). The fourth-order valence-electron chi connectivity index (χ4n) is 3.03. The molecule has 2 heterocycles. The van der Waals surface area contributed by atoms with Crippen molar-refractivity contribution in [2.75, 3.05) is 23.4 Å². The lowest BCUT2D eigenvalue weighted by Gasteiger charge is -2.28. The number of aryl methyl sites for hydroxylation is 1. The van der Waals surface area contributed by atoms with E-state index in [2.05, 4.69) is 10.3 Å². The number of hydrogen-bond donors (Lipinski definition) is 1. The first-order valence-corrected chi connectivity index (χ1v) is 9.91. The van der Waals surface area contributed by atoms with Crippen LogP contribution in [0.3, 0.4) is 0 Å². The second-order valence-corrected chi connectivity index (χ2v) is 7.20. The molecule has 0 radical (unpaired) electrons. The highest BCUT2D eigenvalue weighted by atomic mass is 32.1. The van der Waals surface area contributed by atoms with Gasteiger partial charge in [-0.1, -0.05) is 42.5 Å². The molecule has 0 bridgehead atoms. The summed E-state index contributed by atoms with van der Waals surface area (Å²) in [5, 5.41) is 4.89. The van der Waals surface area contributed by atoms with Crippen LogP contribution in [0, 0.1) is 0 Å². The molecule has 1 aliphatic heterocycles. The molecule has 0 unspecified atom stereocenters. The minimum Gasteiger partial charge on any atom is -0.490 e. The topological polar surface area (TPSA) is 71.5 Å². The van der Waals surface area contributed by atoms with Gasteiger partial charge in [0.2, 0.25) is 5.91 Å². The predicted molar refractivity (Wildman–Crippen MR) is 109 cm³/mol. The SMILES string of the molecule is O=C(CCc1ccccc1)Nc1nc(C(=O)N2CCOc3ccccc32)cs1. The van der Waals surface area contributed by atoms with Gasteiger partial charge in [-0.3, -0.25) is 9.59 Å². The molecule has 2 aromatic carbocycles. The van der Waals surface area contributed by atoms with Gasteiger partial charge >= 0.3 is 0 Å². The van der Waals surface area contributed by atoms with Gasteiger partial charge in [0.05, 0.1) is 12.2 Å². The minimum atomic E-state index is -0.197. The molecular formula is C21H19N3O3S.